The zero-order valence-corrected chi connectivity index (χ0v) is 16.9. The van der Waals surface area contributed by atoms with Crippen molar-refractivity contribution < 1.29 is 17.6 Å². The minimum atomic E-state index is -3.98. The van der Waals surface area contributed by atoms with E-state index in [9.17, 15) is 17.6 Å². The van der Waals surface area contributed by atoms with E-state index in [1.807, 2.05) is 31.2 Å². The van der Waals surface area contributed by atoms with Crippen molar-refractivity contribution in [3.8, 4) is 0 Å². The lowest BCUT2D eigenvalue weighted by Crippen LogP contribution is -2.31. The van der Waals surface area contributed by atoms with Crippen LogP contribution in [-0.4, -0.2) is 14.3 Å². The van der Waals surface area contributed by atoms with Crippen LogP contribution in [0.2, 0.25) is 0 Å². The fourth-order valence-corrected chi connectivity index (χ4v) is 4.36. The number of benzene rings is 3. The number of carbonyl (C=O) groups is 1. The van der Waals surface area contributed by atoms with Gasteiger partial charge in [0.2, 0.25) is 5.91 Å². The molecule has 0 radical (unpaired) electrons. The van der Waals surface area contributed by atoms with E-state index < -0.39 is 15.8 Å². The summed E-state index contributed by atoms with van der Waals surface area (Å²) in [4.78, 5) is 11.2. The highest BCUT2D eigenvalue weighted by Crippen LogP contribution is 2.28. The quantitative estimate of drug-likeness (QED) is 0.649. The zero-order chi connectivity index (χ0) is 21.0. The van der Waals surface area contributed by atoms with Gasteiger partial charge in [-0.15, -0.1) is 0 Å². The lowest BCUT2D eigenvalue weighted by Gasteiger charge is -2.25. The summed E-state index contributed by atoms with van der Waals surface area (Å²) in [6, 6.07) is 18.8. The van der Waals surface area contributed by atoms with E-state index in [2.05, 4.69) is 5.32 Å². The molecule has 7 heteroatoms. The second-order valence-corrected chi connectivity index (χ2v) is 8.49. The number of sulfonamides is 1. The number of amides is 1. The Morgan fingerprint density at radius 3 is 2.31 bits per heavy atom. The topological polar surface area (TPSA) is 66.5 Å². The van der Waals surface area contributed by atoms with Gasteiger partial charge in [-0.25, -0.2) is 12.8 Å². The Morgan fingerprint density at radius 2 is 1.69 bits per heavy atom. The van der Waals surface area contributed by atoms with Gasteiger partial charge in [-0.2, -0.15) is 0 Å². The molecule has 0 aromatic heterocycles. The standard InChI is InChI=1S/C22H21FN2O3S/c1-16-6-3-4-7-18(16)15-25(21-9-5-8-19(23)14-21)29(27,28)22-12-10-20(11-13-22)24-17(2)26/h3-14H,15H2,1-2H3,(H,24,26). The molecular weight excluding hydrogens is 391 g/mol. The molecule has 3 aromatic carbocycles. The third kappa shape index (κ3) is 4.81. The number of halogens is 1. The Morgan fingerprint density at radius 1 is 1.00 bits per heavy atom. The van der Waals surface area contributed by atoms with Gasteiger partial charge in [-0.3, -0.25) is 9.10 Å². The maximum atomic E-state index is 13.8. The number of nitrogens with one attached hydrogen (secondary N) is 1. The molecule has 0 bridgehead atoms. The van der Waals surface area contributed by atoms with Crippen molar-refractivity contribution in [1.29, 1.82) is 0 Å². The second-order valence-electron chi connectivity index (χ2n) is 6.62. The maximum absolute atomic E-state index is 13.8. The van der Waals surface area contributed by atoms with Crippen LogP contribution in [0, 0.1) is 12.7 Å². The van der Waals surface area contributed by atoms with E-state index in [1.165, 1.54) is 53.7 Å². The minimum absolute atomic E-state index is 0.0458. The first kappa shape index (κ1) is 20.5. The van der Waals surface area contributed by atoms with Crippen molar-refractivity contribution >= 4 is 27.3 Å². The molecule has 5 nitrogen and oxygen atoms in total. The minimum Gasteiger partial charge on any atom is -0.326 e. The largest absolute Gasteiger partial charge is 0.326 e. The highest BCUT2D eigenvalue weighted by Gasteiger charge is 2.26. The lowest BCUT2D eigenvalue weighted by atomic mass is 10.1. The van der Waals surface area contributed by atoms with Gasteiger partial charge in [0.15, 0.2) is 0 Å². The van der Waals surface area contributed by atoms with Crippen molar-refractivity contribution in [3.05, 3.63) is 89.7 Å². The van der Waals surface area contributed by atoms with Crippen molar-refractivity contribution in [2.24, 2.45) is 0 Å². The van der Waals surface area contributed by atoms with Gasteiger partial charge < -0.3 is 5.32 Å². The lowest BCUT2D eigenvalue weighted by molar-refractivity contribution is -0.114. The molecule has 1 N–H and O–H groups in total. The Hall–Kier alpha value is -3.19. The van der Waals surface area contributed by atoms with E-state index in [1.54, 1.807) is 6.07 Å². The summed E-state index contributed by atoms with van der Waals surface area (Å²) in [5, 5.41) is 2.60. The van der Waals surface area contributed by atoms with Gasteiger partial charge in [-0.05, 0) is 60.5 Å². The Balaban J connectivity index is 2.04. The normalized spacial score (nSPS) is 11.1. The summed E-state index contributed by atoms with van der Waals surface area (Å²) < 4.78 is 41.9. The average molecular weight is 412 g/mol. The molecule has 0 aliphatic rings. The van der Waals surface area contributed by atoms with E-state index in [-0.39, 0.29) is 23.0 Å². The molecule has 0 spiro atoms. The van der Waals surface area contributed by atoms with Crippen LogP contribution in [0.5, 0.6) is 0 Å². The highest BCUT2D eigenvalue weighted by molar-refractivity contribution is 7.92. The highest BCUT2D eigenvalue weighted by atomic mass is 32.2. The summed E-state index contributed by atoms with van der Waals surface area (Å²) in [7, 11) is -3.98. The van der Waals surface area contributed by atoms with Crippen molar-refractivity contribution in [3.63, 3.8) is 0 Å². The first-order valence-electron chi connectivity index (χ1n) is 8.98. The summed E-state index contributed by atoms with van der Waals surface area (Å²) in [5.74, 6) is -0.768. The van der Waals surface area contributed by atoms with E-state index in [4.69, 9.17) is 0 Å². The van der Waals surface area contributed by atoms with E-state index in [0.29, 0.717) is 5.69 Å². The smallest absolute Gasteiger partial charge is 0.264 e. The molecule has 0 unspecified atom stereocenters. The second kappa shape index (κ2) is 8.45. The zero-order valence-electron chi connectivity index (χ0n) is 16.1. The molecule has 3 aromatic rings. The Bertz CT molecular complexity index is 1130. The molecule has 0 saturated heterocycles. The Labute approximate surface area is 169 Å². The summed E-state index contributed by atoms with van der Waals surface area (Å²) in [5.41, 5.74) is 2.48. The van der Waals surface area contributed by atoms with Gasteiger partial charge in [0.05, 0.1) is 17.1 Å². The Kier molecular flexibility index (Phi) is 5.98. The molecule has 150 valence electrons. The van der Waals surface area contributed by atoms with Gasteiger partial charge >= 0.3 is 0 Å². The SMILES string of the molecule is CC(=O)Nc1ccc(S(=O)(=O)N(Cc2ccccc2C)c2cccc(F)c2)cc1. The molecule has 0 aliphatic heterocycles. The predicted octanol–water partition coefficient (Wildman–Crippen LogP) is 4.49. The molecule has 29 heavy (non-hydrogen) atoms. The van der Waals surface area contributed by atoms with Crippen LogP contribution in [0.15, 0.2) is 77.7 Å². The van der Waals surface area contributed by atoms with Crippen LogP contribution in [0.4, 0.5) is 15.8 Å². The number of nitrogens with zero attached hydrogens (tertiary/aromatic N) is 1. The average Bonchev–Trinajstić information content (AvgIpc) is 2.67. The summed E-state index contributed by atoms with van der Waals surface area (Å²) >= 11 is 0. The molecule has 0 saturated carbocycles. The molecule has 0 heterocycles. The molecular formula is C22H21FN2O3S. The number of anilines is 2. The van der Waals surface area contributed by atoms with Crippen LogP contribution in [0.25, 0.3) is 0 Å². The first-order valence-corrected chi connectivity index (χ1v) is 10.4. The molecule has 1 amide bonds. The van der Waals surface area contributed by atoms with Gasteiger partial charge in [-0.1, -0.05) is 30.3 Å². The van der Waals surface area contributed by atoms with Gasteiger partial charge in [0.1, 0.15) is 5.82 Å². The van der Waals surface area contributed by atoms with Crippen molar-refractivity contribution in [2.45, 2.75) is 25.3 Å². The summed E-state index contributed by atoms with van der Waals surface area (Å²) in [6.45, 7) is 3.33. The first-order chi connectivity index (χ1) is 13.8. The van der Waals surface area contributed by atoms with Crippen LogP contribution in [0.1, 0.15) is 18.1 Å². The van der Waals surface area contributed by atoms with Gasteiger partial charge in [0, 0.05) is 12.6 Å². The van der Waals surface area contributed by atoms with Crippen LogP contribution in [-0.2, 0) is 21.4 Å². The number of rotatable bonds is 6. The van der Waals surface area contributed by atoms with Crippen LogP contribution < -0.4 is 9.62 Å². The fourth-order valence-electron chi connectivity index (χ4n) is 2.93. The van der Waals surface area contributed by atoms with Gasteiger partial charge in [0.25, 0.3) is 10.0 Å². The van der Waals surface area contributed by atoms with Crippen molar-refractivity contribution in [2.75, 3.05) is 9.62 Å². The molecule has 0 fully saturated rings. The third-order valence-electron chi connectivity index (χ3n) is 4.43. The third-order valence-corrected chi connectivity index (χ3v) is 6.22. The summed E-state index contributed by atoms with van der Waals surface area (Å²) in [6.07, 6.45) is 0. The van der Waals surface area contributed by atoms with Crippen LogP contribution >= 0.6 is 0 Å². The van der Waals surface area contributed by atoms with Crippen LogP contribution in [0.3, 0.4) is 0 Å². The molecule has 0 atom stereocenters. The number of carbonyl (C=O) groups excluding carboxylic acids is 1. The monoisotopic (exact) mass is 412 g/mol. The number of hydrogen-bond acceptors (Lipinski definition) is 3. The fraction of sp³-hybridized carbons (Fsp3) is 0.136. The van der Waals surface area contributed by atoms with Crippen molar-refractivity contribution in [1.82, 2.24) is 0 Å². The number of aryl methyl sites for hydroxylation is 1. The van der Waals surface area contributed by atoms with E-state index in [0.717, 1.165) is 11.1 Å². The maximum Gasteiger partial charge on any atom is 0.264 e. The predicted molar refractivity (Wildman–Crippen MR) is 112 cm³/mol. The van der Waals surface area contributed by atoms with E-state index >= 15 is 0 Å². The molecule has 3 rings (SSSR count). The molecule has 0 aliphatic carbocycles. The number of hydrogen-bond donors (Lipinski definition) is 1.